The Balaban J connectivity index is 1.03. The molecule has 2 aliphatic heterocycles. The highest BCUT2D eigenvalue weighted by Crippen LogP contribution is 2.40. The molecule has 1 fully saturated rings. The minimum atomic E-state index is -1.29. The van der Waals surface area contributed by atoms with Crippen LogP contribution >= 0.6 is 22.7 Å². The summed E-state index contributed by atoms with van der Waals surface area (Å²) in [4.78, 5) is 66.8. The van der Waals surface area contributed by atoms with E-state index < -0.39 is 82.1 Å². The lowest BCUT2D eigenvalue weighted by Crippen LogP contribution is -2.58. The number of carboxylic acids is 1. The van der Waals surface area contributed by atoms with Gasteiger partial charge in [0.15, 0.2) is 5.82 Å². The van der Waals surface area contributed by atoms with E-state index in [0.717, 1.165) is 54.8 Å². The molecular formula is C49H50F2N8O6S2. The van der Waals surface area contributed by atoms with E-state index in [2.05, 4.69) is 25.8 Å². The third-order valence-electron chi connectivity index (χ3n) is 12.4. The molecule has 0 spiro atoms. The second-order valence-electron chi connectivity index (χ2n) is 18.1. The molecule has 5 heterocycles. The lowest BCUT2D eigenvalue weighted by atomic mass is 9.85. The molecule has 67 heavy (non-hydrogen) atoms. The molecule has 2 unspecified atom stereocenters. The first kappa shape index (κ1) is 47.0. The third-order valence-corrected chi connectivity index (χ3v) is 14.6. The summed E-state index contributed by atoms with van der Waals surface area (Å²) in [7, 11) is 0. The molecule has 14 nitrogen and oxygen atoms in total. The summed E-state index contributed by atoms with van der Waals surface area (Å²) < 4.78 is 34.2. The zero-order valence-electron chi connectivity index (χ0n) is 38.1. The van der Waals surface area contributed by atoms with Crippen LogP contribution in [0.25, 0.3) is 26.6 Å². The van der Waals surface area contributed by atoms with Gasteiger partial charge >= 0.3 is 5.97 Å². The highest BCUT2D eigenvalue weighted by Gasteiger charge is 2.45. The van der Waals surface area contributed by atoms with Gasteiger partial charge in [-0.05, 0) is 74.4 Å². The molecule has 3 aromatic carbocycles. The molecule has 8 rings (SSSR count). The average Bonchev–Trinajstić information content (AvgIpc) is 4.04. The van der Waals surface area contributed by atoms with Gasteiger partial charge in [-0.1, -0.05) is 69.3 Å². The Labute approximate surface area is 393 Å². The van der Waals surface area contributed by atoms with Crippen LogP contribution in [0.3, 0.4) is 0 Å². The monoisotopic (exact) mass is 948 g/mol. The number of halogens is 2. The number of likely N-dealkylation sites (tertiary alicyclic amines) is 1. The lowest BCUT2D eigenvalue weighted by Gasteiger charge is -2.35. The number of aliphatic hydroxyl groups excluding tert-OH is 1. The fourth-order valence-electron chi connectivity index (χ4n) is 8.70. The number of hydrogen-bond donors (Lipinski definition) is 4. The molecule has 18 heteroatoms. The van der Waals surface area contributed by atoms with Gasteiger partial charge in [-0.3, -0.25) is 28.7 Å². The number of rotatable bonds is 11. The number of carbonyl (C=O) groups excluding carboxylic acids is 3. The number of β-amino-alcohol motifs (C(OH)–C–C–N with tert-alkyl or cyclic N) is 1. The predicted octanol–water partition coefficient (Wildman–Crippen LogP) is 7.98. The van der Waals surface area contributed by atoms with Crippen molar-refractivity contribution in [3.05, 3.63) is 128 Å². The van der Waals surface area contributed by atoms with Crippen LogP contribution in [0.15, 0.2) is 71.2 Å². The Bertz CT molecular complexity index is 2960. The summed E-state index contributed by atoms with van der Waals surface area (Å²) in [6, 6.07) is 12.4. The Morgan fingerprint density at radius 1 is 0.896 bits per heavy atom. The Hall–Kier alpha value is -6.50. The van der Waals surface area contributed by atoms with Gasteiger partial charge in [0.2, 0.25) is 11.8 Å². The fourth-order valence-corrected chi connectivity index (χ4v) is 10.7. The van der Waals surface area contributed by atoms with Crippen LogP contribution in [0.1, 0.15) is 107 Å². The van der Waals surface area contributed by atoms with Crippen LogP contribution in [-0.4, -0.2) is 89.0 Å². The number of aromatic nitrogens is 4. The number of nitrogens with zero attached hydrogens (tertiary/aromatic N) is 6. The van der Waals surface area contributed by atoms with Crippen LogP contribution < -0.4 is 10.6 Å². The van der Waals surface area contributed by atoms with Crippen LogP contribution in [0, 0.1) is 44.7 Å². The number of fused-ring (bicyclic) bond motifs is 3. The molecule has 0 aliphatic carbocycles. The number of benzene rings is 3. The van der Waals surface area contributed by atoms with Crippen molar-refractivity contribution in [2.24, 2.45) is 10.4 Å². The maximum atomic E-state index is 16.6. The third kappa shape index (κ3) is 9.04. The molecule has 0 radical (unpaired) electrons. The highest BCUT2D eigenvalue weighted by atomic mass is 32.1. The van der Waals surface area contributed by atoms with Crippen LogP contribution in [0.2, 0.25) is 0 Å². The summed E-state index contributed by atoms with van der Waals surface area (Å²) >= 11 is 3.04. The highest BCUT2D eigenvalue weighted by molar-refractivity contribution is 7.15. The van der Waals surface area contributed by atoms with Crippen molar-refractivity contribution in [2.45, 2.75) is 98.5 Å². The summed E-state index contributed by atoms with van der Waals surface area (Å²) in [6.07, 6.45) is -1.39. The normalized spacial score (nSPS) is 17.8. The summed E-state index contributed by atoms with van der Waals surface area (Å²) in [6.45, 7) is 14.4. The van der Waals surface area contributed by atoms with E-state index in [0.29, 0.717) is 22.9 Å². The Morgan fingerprint density at radius 2 is 1.57 bits per heavy atom. The molecule has 0 bridgehead atoms. The number of thiazole rings is 1. The van der Waals surface area contributed by atoms with Gasteiger partial charge in [0.25, 0.3) is 5.91 Å². The molecule has 5 atom stereocenters. The lowest BCUT2D eigenvalue weighted by molar-refractivity contribution is -0.142. The number of hydrogen-bond acceptors (Lipinski definition) is 11. The number of carboxylic acid groups (broad SMARTS) is 1. The number of nitrogens with one attached hydrogen (secondary N) is 2. The molecule has 3 aromatic heterocycles. The number of aliphatic hydroxyl groups is 1. The maximum absolute atomic E-state index is 16.6. The Kier molecular flexibility index (Phi) is 12.8. The number of aliphatic carboxylic acids is 1. The van der Waals surface area contributed by atoms with Crippen molar-refractivity contribution in [2.75, 3.05) is 6.54 Å². The van der Waals surface area contributed by atoms with E-state index in [4.69, 9.17) is 4.99 Å². The molecule has 348 valence electrons. The van der Waals surface area contributed by atoms with E-state index in [1.165, 1.54) is 39.7 Å². The first-order chi connectivity index (χ1) is 31.7. The predicted molar refractivity (Wildman–Crippen MR) is 252 cm³/mol. The number of thiophene rings is 1. The summed E-state index contributed by atoms with van der Waals surface area (Å²) in [5.74, 6) is -4.31. The van der Waals surface area contributed by atoms with Crippen LogP contribution in [0.4, 0.5) is 8.78 Å². The van der Waals surface area contributed by atoms with Crippen LogP contribution in [0.5, 0.6) is 0 Å². The number of carbonyl (C=O) groups is 4. The van der Waals surface area contributed by atoms with Crippen molar-refractivity contribution >= 4 is 52.1 Å². The molecule has 2 aliphatic rings. The van der Waals surface area contributed by atoms with Gasteiger partial charge < -0.3 is 25.7 Å². The topological polar surface area (TPSA) is 192 Å². The maximum Gasteiger partial charge on any atom is 0.306 e. The molecule has 0 saturated carbocycles. The molecular weight excluding hydrogens is 899 g/mol. The number of aryl methyl sites for hydroxylation is 3. The standard InChI is InChI=1S/C49H50F2N8O6S2/c1-23-26(4)67-48-38(23)41(54-35(20-37(61)62)44-57-56-27(5)59(44)48)30-13-11-29(12-14-30)39-34(50)18-17-33(40(39)51)45(63)55-43(49(6,7)8)47(65)58-21-32(60)19-36(58)46(64)53-24(2)28-9-15-31(16-10-28)42-25(3)52-22-66-42/h9-18,22,24,32,35-36,43,60H,19-21H2,1-8H3,(H,53,64)(H,55,63)(H,61,62)/t24?,32-,35+,36+,43?/m1/s1. The van der Waals surface area contributed by atoms with Gasteiger partial charge in [-0.25, -0.2) is 13.8 Å². The van der Waals surface area contributed by atoms with E-state index in [9.17, 15) is 29.4 Å². The van der Waals surface area contributed by atoms with E-state index in [1.807, 2.05) is 56.5 Å². The zero-order chi connectivity index (χ0) is 48.2. The summed E-state index contributed by atoms with van der Waals surface area (Å²) in [5, 5.41) is 35.5. The van der Waals surface area contributed by atoms with E-state index >= 15 is 8.78 Å². The smallest absolute Gasteiger partial charge is 0.306 e. The molecule has 1 saturated heterocycles. The van der Waals surface area contributed by atoms with Gasteiger partial charge in [0.1, 0.15) is 40.6 Å². The first-order valence-electron chi connectivity index (χ1n) is 21.7. The van der Waals surface area contributed by atoms with E-state index in [1.54, 1.807) is 45.3 Å². The minimum Gasteiger partial charge on any atom is -0.481 e. The second kappa shape index (κ2) is 18.3. The van der Waals surface area contributed by atoms with Crippen molar-refractivity contribution in [1.29, 1.82) is 0 Å². The van der Waals surface area contributed by atoms with Crippen molar-refractivity contribution in [1.82, 2.24) is 35.3 Å². The first-order valence-corrected chi connectivity index (χ1v) is 23.4. The largest absolute Gasteiger partial charge is 0.481 e. The van der Waals surface area contributed by atoms with Crippen molar-refractivity contribution in [3.8, 4) is 26.6 Å². The van der Waals surface area contributed by atoms with Crippen LogP contribution in [-0.2, 0) is 14.4 Å². The van der Waals surface area contributed by atoms with E-state index in [-0.39, 0.29) is 24.9 Å². The second-order valence-corrected chi connectivity index (χ2v) is 20.2. The van der Waals surface area contributed by atoms with Gasteiger partial charge in [-0.15, -0.1) is 32.9 Å². The van der Waals surface area contributed by atoms with Crippen molar-refractivity contribution in [3.63, 3.8) is 0 Å². The van der Waals surface area contributed by atoms with Gasteiger partial charge in [0, 0.05) is 29.0 Å². The molecule has 4 N–H and O–H groups in total. The number of aliphatic imine (C=N–C) groups is 1. The molecule has 6 aromatic rings. The van der Waals surface area contributed by atoms with Gasteiger partial charge in [0.05, 0.1) is 51.5 Å². The Morgan fingerprint density at radius 3 is 2.21 bits per heavy atom. The minimum absolute atomic E-state index is 0.0282. The van der Waals surface area contributed by atoms with Gasteiger partial charge in [-0.2, -0.15) is 0 Å². The fraction of sp³-hybridized carbons (Fsp3) is 0.347. The average molecular weight is 949 g/mol. The summed E-state index contributed by atoms with van der Waals surface area (Å²) in [5.41, 5.74) is 5.44. The zero-order valence-corrected chi connectivity index (χ0v) is 39.8. The SMILES string of the molecule is Cc1ncsc1-c1ccc(C(C)NC(=O)[C@@H]2C[C@@H](O)CN2C(=O)C(NC(=O)c2ccc(F)c(-c3ccc(C4=N[C@@H](CC(=O)O)c5nnc(C)n5-c5sc(C)c(C)c54)cc3)c2F)C(C)(C)C)cc1. The van der Waals surface area contributed by atoms with Crippen molar-refractivity contribution < 1.29 is 38.2 Å². The quantitative estimate of drug-likeness (QED) is 0.0997. The molecule has 3 amide bonds. The number of amides is 3.